The third-order valence-corrected chi connectivity index (χ3v) is 8.42. The molecule has 5 amide bonds. The Kier molecular flexibility index (Phi) is 5.96. The van der Waals surface area contributed by atoms with Gasteiger partial charge in [-0.25, -0.2) is 9.69 Å². The Morgan fingerprint density at radius 1 is 1.03 bits per heavy atom. The lowest BCUT2D eigenvalue weighted by molar-refractivity contribution is -0.145. The molecule has 32 heavy (non-hydrogen) atoms. The first-order chi connectivity index (χ1) is 15.4. The molecule has 0 radical (unpaired) electrons. The monoisotopic (exact) mass is 446 g/mol. The number of urea groups is 1. The van der Waals surface area contributed by atoms with E-state index in [-0.39, 0.29) is 24.5 Å². The number of nitrogens with zero attached hydrogens (tertiary/aromatic N) is 4. The summed E-state index contributed by atoms with van der Waals surface area (Å²) in [5.41, 5.74) is 0. The molecule has 2 bridgehead atoms. The van der Waals surface area contributed by atoms with Crippen molar-refractivity contribution in [3.63, 3.8) is 0 Å². The molecule has 176 valence electrons. The lowest BCUT2D eigenvalue weighted by atomic mass is 9.83. The molecule has 2 saturated carbocycles. The minimum Gasteiger partial charge on any atom is -0.378 e. The highest BCUT2D eigenvalue weighted by Crippen LogP contribution is 2.50. The van der Waals surface area contributed by atoms with E-state index in [1.165, 1.54) is 24.2 Å². The normalized spacial score (nSPS) is 34.7. The van der Waals surface area contributed by atoms with Gasteiger partial charge in [-0.1, -0.05) is 6.42 Å². The number of piperidine rings is 1. The third-order valence-electron chi connectivity index (χ3n) is 8.42. The topological polar surface area (TPSA) is 90.5 Å². The van der Waals surface area contributed by atoms with Crippen LogP contribution in [0.25, 0.3) is 0 Å². The van der Waals surface area contributed by atoms with Crippen LogP contribution in [0.15, 0.2) is 0 Å². The summed E-state index contributed by atoms with van der Waals surface area (Å²) in [6.07, 6.45) is 6.29. The Balaban J connectivity index is 1.22. The highest BCUT2D eigenvalue weighted by molar-refractivity contribution is 6.44. The second kappa shape index (κ2) is 8.74. The number of morpholine rings is 1. The second-order valence-electron chi connectivity index (χ2n) is 10.3. The number of ether oxygens (including phenoxy) is 1. The minimum absolute atomic E-state index is 0.0796. The SMILES string of the molecule is C[C@H]([C@H]1C[C@H]2CC[C@H]1C2)N1C(=O)C(=O)N(CN2CCC[C@H](C(=O)N3CCOCC3)C2)C1=O. The zero-order valence-electron chi connectivity index (χ0n) is 18.9. The maximum atomic E-state index is 13.2. The van der Waals surface area contributed by atoms with Gasteiger partial charge in [-0.05, 0) is 63.3 Å². The number of rotatable bonds is 5. The van der Waals surface area contributed by atoms with Crippen LogP contribution in [0.5, 0.6) is 0 Å². The van der Waals surface area contributed by atoms with Crippen LogP contribution in [0.4, 0.5) is 4.79 Å². The van der Waals surface area contributed by atoms with Crippen molar-refractivity contribution in [3.8, 4) is 0 Å². The van der Waals surface area contributed by atoms with Gasteiger partial charge in [0.2, 0.25) is 5.91 Å². The van der Waals surface area contributed by atoms with E-state index < -0.39 is 17.8 Å². The van der Waals surface area contributed by atoms with Crippen LogP contribution in [0.2, 0.25) is 0 Å². The molecule has 5 aliphatic rings. The van der Waals surface area contributed by atoms with Crippen LogP contribution in [-0.2, 0) is 19.1 Å². The van der Waals surface area contributed by atoms with Crippen molar-refractivity contribution >= 4 is 23.8 Å². The molecular formula is C23H34N4O5. The van der Waals surface area contributed by atoms with Crippen molar-refractivity contribution in [1.29, 1.82) is 0 Å². The first kappa shape index (κ1) is 21.8. The van der Waals surface area contributed by atoms with Crippen LogP contribution in [0.1, 0.15) is 45.4 Å². The number of likely N-dealkylation sites (tertiary alicyclic amines) is 1. The fourth-order valence-electron chi connectivity index (χ4n) is 6.71. The number of hydrogen-bond donors (Lipinski definition) is 0. The summed E-state index contributed by atoms with van der Waals surface area (Å²) in [6.45, 7) is 5.58. The van der Waals surface area contributed by atoms with Crippen molar-refractivity contribution in [3.05, 3.63) is 0 Å². The van der Waals surface area contributed by atoms with Gasteiger partial charge in [0, 0.05) is 25.7 Å². The van der Waals surface area contributed by atoms with Crippen molar-refractivity contribution in [1.82, 2.24) is 19.6 Å². The summed E-state index contributed by atoms with van der Waals surface area (Å²) < 4.78 is 5.34. The average molecular weight is 447 g/mol. The maximum absolute atomic E-state index is 13.2. The molecule has 0 spiro atoms. The molecule has 2 aliphatic carbocycles. The molecule has 5 rings (SSSR count). The maximum Gasteiger partial charge on any atom is 0.335 e. The van der Waals surface area contributed by atoms with Gasteiger partial charge < -0.3 is 9.64 Å². The fraction of sp³-hybridized carbons (Fsp3) is 0.826. The van der Waals surface area contributed by atoms with Crippen LogP contribution >= 0.6 is 0 Å². The molecule has 9 heteroatoms. The standard InChI is InChI=1S/C23H34N4O5/c1-15(19-12-16-4-5-17(19)11-16)27-22(30)21(29)26(23(27)31)14-24-6-2-3-18(13-24)20(28)25-7-9-32-10-8-25/h15-19H,2-14H2,1H3/t15-,16+,17+,18+,19-/m1/s1. The average Bonchev–Trinajstić information content (AvgIpc) is 3.50. The number of carbonyl (C=O) groups is 4. The van der Waals surface area contributed by atoms with Crippen molar-refractivity contribution in [2.45, 2.75) is 51.5 Å². The molecule has 0 unspecified atom stereocenters. The van der Waals surface area contributed by atoms with Gasteiger partial charge in [-0.3, -0.25) is 24.2 Å². The number of carbonyl (C=O) groups excluding carboxylic acids is 4. The Morgan fingerprint density at radius 2 is 1.81 bits per heavy atom. The van der Waals surface area contributed by atoms with Crippen LogP contribution in [0.3, 0.4) is 0 Å². The lowest BCUT2D eigenvalue weighted by Gasteiger charge is -2.37. The van der Waals surface area contributed by atoms with E-state index in [9.17, 15) is 19.2 Å². The van der Waals surface area contributed by atoms with Gasteiger partial charge in [-0.15, -0.1) is 0 Å². The third kappa shape index (κ3) is 3.83. The molecule has 0 aromatic heterocycles. The smallest absolute Gasteiger partial charge is 0.335 e. The van der Waals surface area contributed by atoms with E-state index in [1.807, 2.05) is 16.7 Å². The van der Waals surface area contributed by atoms with Gasteiger partial charge in [0.05, 0.1) is 25.8 Å². The Morgan fingerprint density at radius 3 is 2.50 bits per heavy atom. The first-order valence-electron chi connectivity index (χ1n) is 12.2. The Labute approximate surface area is 189 Å². The molecule has 5 fully saturated rings. The van der Waals surface area contributed by atoms with Crippen molar-refractivity contribution in [2.24, 2.45) is 23.7 Å². The molecular weight excluding hydrogens is 412 g/mol. The lowest BCUT2D eigenvalue weighted by Crippen LogP contribution is -2.51. The summed E-state index contributed by atoms with van der Waals surface area (Å²) in [4.78, 5) is 57.7. The first-order valence-corrected chi connectivity index (χ1v) is 12.2. The number of fused-ring (bicyclic) bond motifs is 2. The molecule has 0 N–H and O–H groups in total. The molecule has 0 aromatic rings. The largest absolute Gasteiger partial charge is 0.378 e. The summed E-state index contributed by atoms with van der Waals surface area (Å²) in [5.74, 6) is 0.138. The zero-order chi connectivity index (χ0) is 22.4. The molecule has 3 heterocycles. The second-order valence-corrected chi connectivity index (χ2v) is 10.3. The van der Waals surface area contributed by atoms with E-state index in [0.29, 0.717) is 57.1 Å². The summed E-state index contributed by atoms with van der Waals surface area (Å²) in [6, 6.07) is -0.729. The molecule has 0 aromatic carbocycles. The molecule has 3 aliphatic heterocycles. The molecule has 9 nitrogen and oxygen atoms in total. The highest BCUT2D eigenvalue weighted by Gasteiger charge is 2.52. The predicted molar refractivity (Wildman–Crippen MR) is 114 cm³/mol. The van der Waals surface area contributed by atoms with Crippen molar-refractivity contribution in [2.75, 3.05) is 46.1 Å². The van der Waals surface area contributed by atoms with E-state index in [1.54, 1.807) is 0 Å². The summed E-state index contributed by atoms with van der Waals surface area (Å²) in [7, 11) is 0. The van der Waals surface area contributed by atoms with Gasteiger partial charge in [0.1, 0.15) is 0 Å². The zero-order valence-corrected chi connectivity index (χ0v) is 18.9. The molecule has 3 saturated heterocycles. The Bertz CT molecular complexity index is 797. The van der Waals surface area contributed by atoms with Gasteiger partial charge in [-0.2, -0.15) is 0 Å². The van der Waals surface area contributed by atoms with Crippen LogP contribution in [0, 0.1) is 23.7 Å². The van der Waals surface area contributed by atoms with Crippen LogP contribution in [-0.4, -0.2) is 95.5 Å². The van der Waals surface area contributed by atoms with E-state index in [2.05, 4.69) is 0 Å². The number of amides is 5. The number of hydrogen-bond acceptors (Lipinski definition) is 6. The summed E-state index contributed by atoms with van der Waals surface area (Å²) >= 11 is 0. The van der Waals surface area contributed by atoms with Crippen molar-refractivity contribution < 1.29 is 23.9 Å². The minimum atomic E-state index is -0.730. The quantitative estimate of drug-likeness (QED) is 0.465. The van der Waals surface area contributed by atoms with E-state index in [0.717, 1.165) is 24.2 Å². The van der Waals surface area contributed by atoms with E-state index >= 15 is 0 Å². The fourth-order valence-corrected chi connectivity index (χ4v) is 6.71. The summed E-state index contributed by atoms with van der Waals surface area (Å²) in [5, 5.41) is 0. The number of imide groups is 2. The van der Waals surface area contributed by atoms with Gasteiger partial charge in [0.15, 0.2) is 0 Å². The molecule has 5 atom stereocenters. The predicted octanol–water partition coefficient (Wildman–Crippen LogP) is 1.13. The van der Waals surface area contributed by atoms with E-state index in [4.69, 9.17) is 4.74 Å². The van der Waals surface area contributed by atoms with Crippen LogP contribution < -0.4 is 0 Å². The van der Waals surface area contributed by atoms with Gasteiger partial charge in [0.25, 0.3) is 0 Å². The highest BCUT2D eigenvalue weighted by atomic mass is 16.5. The van der Waals surface area contributed by atoms with Gasteiger partial charge >= 0.3 is 17.8 Å². The Hall–Kier alpha value is -2.00.